The van der Waals surface area contributed by atoms with E-state index in [1.54, 1.807) is 7.11 Å². The molecule has 0 aliphatic rings. The molecule has 2 atom stereocenters. The highest BCUT2D eigenvalue weighted by Gasteiger charge is 2.07. The molecular formula is C46H92O2. The SMILES string of the molecule is CCCCCCCCCCCCC[C@H](/C=C/OC)CCCCCCC.CCCCCCCCCCCCC[C@H](C=O)CCCCCCC. The van der Waals surface area contributed by atoms with Crippen LogP contribution in [-0.2, 0) is 9.53 Å². The summed E-state index contributed by atoms with van der Waals surface area (Å²) in [5, 5.41) is 0. The highest BCUT2D eigenvalue weighted by atomic mass is 16.5. The lowest BCUT2D eigenvalue weighted by Crippen LogP contribution is -2.02. The highest BCUT2D eigenvalue weighted by Crippen LogP contribution is 2.21. The van der Waals surface area contributed by atoms with Crippen LogP contribution < -0.4 is 0 Å². The molecule has 0 radical (unpaired) electrons. The third-order valence-electron chi connectivity index (χ3n) is 10.4. The number of hydrogen-bond donors (Lipinski definition) is 0. The molecule has 0 saturated heterocycles. The second kappa shape index (κ2) is 46.2. The van der Waals surface area contributed by atoms with Gasteiger partial charge < -0.3 is 9.53 Å². The van der Waals surface area contributed by atoms with Crippen LogP contribution in [0.3, 0.4) is 0 Å². The predicted octanol–water partition coefficient (Wildman–Crippen LogP) is 16.7. The van der Waals surface area contributed by atoms with E-state index in [1.807, 2.05) is 6.26 Å². The molecule has 0 unspecified atom stereocenters. The molecule has 0 aromatic rings. The van der Waals surface area contributed by atoms with Crippen molar-refractivity contribution in [3.05, 3.63) is 12.3 Å². The van der Waals surface area contributed by atoms with Crippen LogP contribution in [0.5, 0.6) is 0 Å². The average molecular weight is 677 g/mol. The molecule has 0 heterocycles. The molecule has 2 nitrogen and oxygen atoms in total. The van der Waals surface area contributed by atoms with Gasteiger partial charge in [-0.3, -0.25) is 0 Å². The summed E-state index contributed by atoms with van der Waals surface area (Å²) in [7, 11) is 1.76. The summed E-state index contributed by atoms with van der Waals surface area (Å²) in [6.07, 6.45) is 54.9. The Morgan fingerprint density at radius 2 is 0.583 bits per heavy atom. The molecule has 0 bridgehead atoms. The fourth-order valence-electron chi connectivity index (χ4n) is 6.97. The van der Waals surface area contributed by atoms with E-state index in [0.717, 1.165) is 18.8 Å². The Hall–Kier alpha value is -0.790. The zero-order chi connectivity index (χ0) is 35.4. The molecule has 0 amide bonds. The molecule has 0 aliphatic heterocycles. The monoisotopic (exact) mass is 677 g/mol. The molecule has 0 aromatic heterocycles. The molecular weight excluding hydrogens is 585 g/mol. The average Bonchev–Trinajstić information content (AvgIpc) is 3.10. The maximum atomic E-state index is 11.1. The van der Waals surface area contributed by atoms with Gasteiger partial charge in [-0.2, -0.15) is 0 Å². The Kier molecular flexibility index (Phi) is 47.5. The fourth-order valence-corrected chi connectivity index (χ4v) is 6.97. The number of rotatable bonds is 39. The van der Waals surface area contributed by atoms with Crippen LogP contribution in [0.1, 0.15) is 259 Å². The van der Waals surface area contributed by atoms with E-state index in [-0.39, 0.29) is 0 Å². The number of carbonyl (C=O) groups excluding carboxylic acids is 1. The van der Waals surface area contributed by atoms with Gasteiger partial charge in [-0.15, -0.1) is 0 Å². The first-order chi connectivity index (χ1) is 23.7. The van der Waals surface area contributed by atoms with Gasteiger partial charge in [0.15, 0.2) is 0 Å². The lowest BCUT2D eigenvalue weighted by molar-refractivity contribution is -0.111. The summed E-state index contributed by atoms with van der Waals surface area (Å²) in [6.45, 7) is 9.11. The number of ether oxygens (including phenoxy) is 1. The van der Waals surface area contributed by atoms with Crippen molar-refractivity contribution in [1.29, 1.82) is 0 Å². The van der Waals surface area contributed by atoms with E-state index < -0.39 is 0 Å². The fraction of sp³-hybridized carbons (Fsp3) is 0.935. The van der Waals surface area contributed by atoms with E-state index in [1.165, 1.54) is 225 Å². The Morgan fingerprint density at radius 3 is 0.812 bits per heavy atom. The Morgan fingerprint density at radius 1 is 0.354 bits per heavy atom. The largest absolute Gasteiger partial charge is 0.505 e. The third-order valence-corrected chi connectivity index (χ3v) is 10.4. The first-order valence-corrected chi connectivity index (χ1v) is 22.3. The summed E-state index contributed by atoms with van der Waals surface area (Å²) in [6, 6.07) is 0. The quantitative estimate of drug-likeness (QED) is 0.0368. The predicted molar refractivity (Wildman–Crippen MR) is 218 cm³/mol. The van der Waals surface area contributed by atoms with Gasteiger partial charge in [0.1, 0.15) is 6.29 Å². The topological polar surface area (TPSA) is 26.3 Å². The minimum atomic E-state index is 0.343. The minimum Gasteiger partial charge on any atom is -0.505 e. The van der Waals surface area contributed by atoms with Crippen LogP contribution in [0.4, 0.5) is 0 Å². The van der Waals surface area contributed by atoms with Gasteiger partial charge in [-0.25, -0.2) is 0 Å². The molecule has 48 heavy (non-hydrogen) atoms. The van der Waals surface area contributed by atoms with Crippen LogP contribution in [0, 0.1) is 11.8 Å². The van der Waals surface area contributed by atoms with Gasteiger partial charge in [0.05, 0.1) is 13.4 Å². The molecule has 0 spiro atoms. The van der Waals surface area contributed by atoms with Crippen molar-refractivity contribution in [3.63, 3.8) is 0 Å². The zero-order valence-electron chi connectivity index (χ0n) is 34.2. The summed E-state index contributed by atoms with van der Waals surface area (Å²) < 4.78 is 5.14. The summed E-state index contributed by atoms with van der Waals surface area (Å²) >= 11 is 0. The smallest absolute Gasteiger partial charge is 0.123 e. The molecule has 0 saturated carbocycles. The van der Waals surface area contributed by atoms with E-state index >= 15 is 0 Å². The van der Waals surface area contributed by atoms with Gasteiger partial charge >= 0.3 is 0 Å². The number of unbranched alkanes of at least 4 members (excludes halogenated alkanes) is 28. The van der Waals surface area contributed by atoms with E-state index in [2.05, 4.69) is 33.8 Å². The first-order valence-electron chi connectivity index (χ1n) is 22.3. The molecule has 0 rings (SSSR count). The zero-order valence-corrected chi connectivity index (χ0v) is 34.2. The van der Waals surface area contributed by atoms with Crippen LogP contribution in [0.15, 0.2) is 12.3 Å². The molecule has 288 valence electrons. The van der Waals surface area contributed by atoms with Gasteiger partial charge in [0.2, 0.25) is 0 Å². The number of carbonyl (C=O) groups is 1. The van der Waals surface area contributed by atoms with Gasteiger partial charge in [0, 0.05) is 5.92 Å². The highest BCUT2D eigenvalue weighted by molar-refractivity contribution is 5.53. The molecule has 0 N–H and O–H groups in total. The van der Waals surface area contributed by atoms with Crippen LogP contribution in [0.25, 0.3) is 0 Å². The van der Waals surface area contributed by atoms with Crippen molar-refractivity contribution in [3.8, 4) is 0 Å². The van der Waals surface area contributed by atoms with Crippen molar-refractivity contribution in [2.45, 2.75) is 259 Å². The van der Waals surface area contributed by atoms with Crippen molar-refractivity contribution in [2.75, 3.05) is 7.11 Å². The van der Waals surface area contributed by atoms with E-state index in [9.17, 15) is 4.79 Å². The van der Waals surface area contributed by atoms with E-state index in [4.69, 9.17) is 4.74 Å². The first kappa shape index (κ1) is 49.3. The number of allylic oxidation sites excluding steroid dienone is 1. The van der Waals surface area contributed by atoms with Crippen LogP contribution >= 0.6 is 0 Å². The van der Waals surface area contributed by atoms with Crippen molar-refractivity contribution >= 4 is 6.29 Å². The normalized spacial score (nSPS) is 12.6. The van der Waals surface area contributed by atoms with Crippen molar-refractivity contribution in [2.24, 2.45) is 11.8 Å². The lowest BCUT2D eigenvalue weighted by Gasteiger charge is -2.12. The second-order valence-corrected chi connectivity index (χ2v) is 15.3. The summed E-state index contributed by atoms with van der Waals surface area (Å²) in [5.41, 5.74) is 0. The molecule has 0 aliphatic carbocycles. The van der Waals surface area contributed by atoms with Gasteiger partial charge in [-0.05, 0) is 37.7 Å². The summed E-state index contributed by atoms with van der Waals surface area (Å²) in [5.74, 6) is 1.08. The Bertz CT molecular complexity index is 585. The standard InChI is InChI=1S/C24H48O.C22H44O/c1-4-6-8-10-11-12-13-14-15-17-19-21-24(22-23-25-3)20-18-16-9-7-5-2;1-3-5-7-9-10-11-12-13-14-16-18-20-22(21-23)19-17-15-8-6-4-2/h22-24H,4-21H2,1-3H3;21-22H,3-20H2,1-2H3/b23-22+;/t24-;22-/m11/s1. The lowest BCUT2D eigenvalue weighted by atomic mass is 9.94. The van der Waals surface area contributed by atoms with Gasteiger partial charge in [-0.1, -0.05) is 233 Å². The van der Waals surface area contributed by atoms with Crippen molar-refractivity contribution in [1.82, 2.24) is 0 Å². The molecule has 0 fully saturated rings. The second-order valence-electron chi connectivity index (χ2n) is 15.3. The maximum absolute atomic E-state index is 11.1. The van der Waals surface area contributed by atoms with Crippen LogP contribution in [0.2, 0.25) is 0 Å². The number of hydrogen-bond acceptors (Lipinski definition) is 2. The number of aldehydes is 1. The summed E-state index contributed by atoms with van der Waals surface area (Å²) in [4.78, 5) is 11.1. The minimum absolute atomic E-state index is 0.343. The van der Waals surface area contributed by atoms with Crippen LogP contribution in [-0.4, -0.2) is 13.4 Å². The van der Waals surface area contributed by atoms with E-state index in [0.29, 0.717) is 5.92 Å². The molecule has 2 heteroatoms. The third kappa shape index (κ3) is 43.2. The Labute approximate surface area is 305 Å². The maximum Gasteiger partial charge on any atom is 0.123 e. The van der Waals surface area contributed by atoms with Crippen molar-refractivity contribution < 1.29 is 9.53 Å². The number of methoxy groups -OCH3 is 1. The van der Waals surface area contributed by atoms with Gasteiger partial charge in [0.25, 0.3) is 0 Å². The Balaban J connectivity index is 0. The molecule has 0 aromatic carbocycles.